The number of hydrogen-bond acceptors (Lipinski definition) is 5. The van der Waals surface area contributed by atoms with Crippen molar-refractivity contribution < 1.29 is 8.42 Å². The minimum atomic E-state index is -3.57. The first-order chi connectivity index (χ1) is 9.92. The number of sulfonamides is 1. The Labute approximate surface area is 134 Å². The second kappa shape index (κ2) is 7.17. The van der Waals surface area contributed by atoms with E-state index in [4.69, 9.17) is 0 Å². The van der Waals surface area contributed by atoms with Gasteiger partial charge in [-0.15, -0.1) is 4.83 Å². The summed E-state index contributed by atoms with van der Waals surface area (Å²) >= 11 is 3.33. The summed E-state index contributed by atoms with van der Waals surface area (Å²) in [6, 6.07) is 5.36. The van der Waals surface area contributed by atoms with Crippen molar-refractivity contribution in [1.82, 2.24) is 20.1 Å². The molecule has 1 aromatic carbocycles. The van der Waals surface area contributed by atoms with Gasteiger partial charge in [-0.2, -0.15) is 0 Å². The third kappa shape index (κ3) is 4.48. The lowest BCUT2D eigenvalue weighted by atomic mass is 10.2. The fourth-order valence-electron chi connectivity index (χ4n) is 2.18. The number of nitrogens with one attached hydrogen (secondary N) is 2. The molecule has 1 heterocycles. The molecular formula is C13H21BrN4O2S. The molecule has 1 saturated heterocycles. The molecule has 118 valence electrons. The summed E-state index contributed by atoms with van der Waals surface area (Å²) in [6.45, 7) is 3.70. The molecule has 21 heavy (non-hydrogen) atoms. The lowest BCUT2D eigenvalue weighted by Crippen LogP contribution is -2.52. The number of halogens is 1. The van der Waals surface area contributed by atoms with E-state index in [0.29, 0.717) is 24.1 Å². The van der Waals surface area contributed by atoms with E-state index in [2.05, 4.69) is 31.0 Å². The van der Waals surface area contributed by atoms with E-state index in [1.54, 1.807) is 17.1 Å². The summed E-state index contributed by atoms with van der Waals surface area (Å²) in [6.07, 6.45) is 0. The molecule has 0 aliphatic carbocycles. The topological polar surface area (TPSA) is 64.7 Å². The average Bonchev–Trinajstić information content (AvgIpc) is 2.43. The minimum absolute atomic E-state index is 0.272. The molecule has 1 aromatic rings. The minimum Gasteiger partial charge on any atom is -0.316 e. The summed E-state index contributed by atoms with van der Waals surface area (Å²) in [5.41, 5.74) is 0.930. The van der Waals surface area contributed by atoms with Crippen LogP contribution in [0.15, 0.2) is 27.6 Å². The molecule has 2 N–H and O–H groups in total. The zero-order valence-corrected chi connectivity index (χ0v) is 14.7. The van der Waals surface area contributed by atoms with Gasteiger partial charge in [0, 0.05) is 37.2 Å². The quantitative estimate of drug-likeness (QED) is 0.787. The number of benzene rings is 1. The summed E-state index contributed by atoms with van der Waals surface area (Å²) < 4.78 is 25.7. The van der Waals surface area contributed by atoms with E-state index in [-0.39, 0.29) is 4.90 Å². The van der Waals surface area contributed by atoms with E-state index >= 15 is 0 Å². The van der Waals surface area contributed by atoms with Crippen molar-refractivity contribution in [3.63, 3.8) is 0 Å². The maximum atomic E-state index is 12.5. The van der Waals surface area contributed by atoms with E-state index in [1.165, 1.54) is 0 Å². The maximum Gasteiger partial charge on any atom is 0.254 e. The number of nitrogens with zero attached hydrogens (tertiary/aromatic N) is 2. The van der Waals surface area contributed by atoms with Gasteiger partial charge in [0.2, 0.25) is 0 Å². The molecular weight excluding hydrogens is 356 g/mol. The van der Waals surface area contributed by atoms with Crippen molar-refractivity contribution >= 4 is 26.0 Å². The second-order valence-electron chi connectivity index (χ2n) is 5.18. The van der Waals surface area contributed by atoms with Crippen molar-refractivity contribution in [2.24, 2.45) is 0 Å². The van der Waals surface area contributed by atoms with Crippen LogP contribution in [0.5, 0.6) is 0 Å². The first kappa shape index (κ1) is 16.9. The molecule has 1 fully saturated rings. The Morgan fingerprint density at radius 1 is 1.24 bits per heavy atom. The van der Waals surface area contributed by atoms with Crippen LogP contribution in [-0.2, 0) is 16.6 Å². The van der Waals surface area contributed by atoms with Crippen LogP contribution in [0.2, 0.25) is 0 Å². The fraction of sp³-hybridized carbons (Fsp3) is 0.538. The van der Waals surface area contributed by atoms with Gasteiger partial charge in [0.15, 0.2) is 0 Å². The van der Waals surface area contributed by atoms with E-state index in [9.17, 15) is 8.42 Å². The smallest absolute Gasteiger partial charge is 0.254 e. The summed E-state index contributed by atoms with van der Waals surface area (Å²) in [4.78, 5) is 5.12. The highest BCUT2D eigenvalue weighted by molar-refractivity contribution is 9.10. The van der Waals surface area contributed by atoms with Crippen LogP contribution in [0.4, 0.5) is 0 Å². The van der Waals surface area contributed by atoms with Crippen LogP contribution in [-0.4, -0.2) is 58.6 Å². The van der Waals surface area contributed by atoms with E-state index < -0.39 is 10.0 Å². The molecule has 6 nitrogen and oxygen atoms in total. The predicted octanol–water partition coefficient (Wildman–Crippen LogP) is 0.609. The molecule has 0 aromatic heterocycles. The van der Waals surface area contributed by atoms with Crippen molar-refractivity contribution in [2.75, 3.05) is 40.3 Å². The highest BCUT2D eigenvalue weighted by Gasteiger charge is 2.23. The number of piperazine rings is 1. The second-order valence-corrected chi connectivity index (χ2v) is 7.66. The fourth-order valence-corrected chi connectivity index (χ4v) is 4.32. The predicted molar refractivity (Wildman–Crippen MR) is 86.3 cm³/mol. The van der Waals surface area contributed by atoms with Gasteiger partial charge in [-0.3, -0.25) is 0 Å². The average molecular weight is 377 g/mol. The first-order valence-corrected chi connectivity index (χ1v) is 9.09. The van der Waals surface area contributed by atoms with Gasteiger partial charge in [-0.1, -0.05) is 6.07 Å². The highest BCUT2D eigenvalue weighted by atomic mass is 79.9. The van der Waals surface area contributed by atoms with Crippen molar-refractivity contribution in [2.45, 2.75) is 11.4 Å². The molecule has 0 unspecified atom stereocenters. The summed E-state index contributed by atoms with van der Waals surface area (Å²) in [7, 11) is 0.297. The van der Waals surface area contributed by atoms with Gasteiger partial charge >= 0.3 is 0 Å². The van der Waals surface area contributed by atoms with E-state index in [0.717, 1.165) is 18.7 Å². The molecule has 1 aliphatic rings. The summed E-state index contributed by atoms with van der Waals surface area (Å²) in [5.74, 6) is 0. The molecule has 2 rings (SSSR count). The Hall–Kier alpha value is -0.510. The molecule has 0 amide bonds. The van der Waals surface area contributed by atoms with Gasteiger partial charge < -0.3 is 10.2 Å². The van der Waals surface area contributed by atoms with Crippen molar-refractivity contribution in [3.8, 4) is 0 Å². The van der Waals surface area contributed by atoms with E-state index in [1.807, 2.05) is 20.2 Å². The zero-order chi connectivity index (χ0) is 15.5. The molecule has 0 radical (unpaired) electrons. The Morgan fingerprint density at radius 3 is 2.52 bits per heavy atom. The lowest BCUT2D eigenvalue weighted by Gasteiger charge is -2.32. The first-order valence-electron chi connectivity index (χ1n) is 6.81. The Balaban J connectivity index is 2.17. The molecule has 0 saturated carbocycles. The number of rotatable bonds is 5. The normalized spacial score (nSPS) is 18.0. The zero-order valence-electron chi connectivity index (χ0n) is 12.3. The van der Waals surface area contributed by atoms with Gasteiger partial charge in [-0.25, -0.2) is 13.4 Å². The lowest BCUT2D eigenvalue weighted by molar-refractivity contribution is 0.135. The number of likely N-dealkylation sites (N-methyl/N-ethyl adjacent to an activating group) is 1. The van der Waals surface area contributed by atoms with Crippen LogP contribution in [0.1, 0.15) is 5.56 Å². The van der Waals surface area contributed by atoms with Gasteiger partial charge in [-0.05, 0) is 47.7 Å². The molecule has 8 heteroatoms. The molecule has 1 aliphatic heterocycles. The number of hydrogen-bond donors (Lipinski definition) is 2. The Bertz CT molecular complexity index is 586. The third-order valence-corrected chi connectivity index (χ3v) is 5.79. The van der Waals surface area contributed by atoms with Gasteiger partial charge in [0.05, 0.1) is 4.90 Å². The molecule has 0 bridgehead atoms. The molecule has 0 atom stereocenters. The van der Waals surface area contributed by atoms with Crippen molar-refractivity contribution in [3.05, 3.63) is 28.2 Å². The largest absolute Gasteiger partial charge is 0.316 e. The van der Waals surface area contributed by atoms with Crippen LogP contribution >= 0.6 is 15.9 Å². The van der Waals surface area contributed by atoms with Gasteiger partial charge in [0.1, 0.15) is 0 Å². The standard InChI is InChI=1S/C13H21BrN4O2S/c1-15-10-11-3-4-12(14)13(9-11)21(19,20)16-18-7-5-17(2)6-8-18/h3-4,9,15-16H,5-8,10H2,1-2H3. The number of hydrazine groups is 1. The Kier molecular flexibility index (Phi) is 5.75. The van der Waals surface area contributed by atoms with Crippen molar-refractivity contribution in [1.29, 1.82) is 0 Å². The third-order valence-electron chi connectivity index (χ3n) is 3.42. The maximum absolute atomic E-state index is 12.5. The van der Waals surface area contributed by atoms with Crippen LogP contribution in [0.3, 0.4) is 0 Å². The highest BCUT2D eigenvalue weighted by Crippen LogP contribution is 2.23. The van der Waals surface area contributed by atoms with Gasteiger partial charge in [0.25, 0.3) is 10.0 Å². The summed E-state index contributed by atoms with van der Waals surface area (Å²) in [5, 5.41) is 4.78. The van der Waals surface area contributed by atoms with Crippen LogP contribution in [0, 0.1) is 0 Å². The monoisotopic (exact) mass is 376 g/mol. The Morgan fingerprint density at radius 2 is 1.90 bits per heavy atom. The molecule has 0 spiro atoms. The van der Waals surface area contributed by atoms with Crippen LogP contribution in [0.25, 0.3) is 0 Å². The van der Waals surface area contributed by atoms with Crippen LogP contribution < -0.4 is 10.1 Å². The SMILES string of the molecule is CNCc1ccc(Br)c(S(=O)(=O)NN2CCN(C)CC2)c1.